The van der Waals surface area contributed by atoms with Gasteiger partial charge < -0.3 is 9.53 Å². The van der Waals surface area contributed by atoms with Gasteiger partial charge in [-0.1, -0.05) is 27.7 Å². The Bertz CT molecular complexity index is 333. The molecule has 1 rings (SSSR count). The van der Waals surface area contributed by atoms with Gasteiger partial charge in [0.1, 0.15) is 5.78 Å². The fraction of sp³-hybridized carbons (Fsp3) is 0.933. The van der Waals surface area contributed by atoms with Crippen LogP contribution in [0.5, 0.6) is 0 Å². The molecule has 0 aliphatic heterocycles. The lowest BCUT2D eigenvalue weighted by Crippen LogP contribution is -2.51. The number of carbonyl (C=O) groups is 1. The lowest BCUT2D eigenvalue weighted by Gasteiger charge is -2.44. The third kappa shape index (κ3) is 3.89. The molecule has 0 aromatic carbocycles. The highest BCUT2D eigenvalue weighted by atomic mass is 28.4. The van der Waals surface area contributed by atoms with Crippen molar-refractivity contribution < 1.29 is 14.3 Å². The molecule has 0 aromatic rings. The van der Waals surface area contributed by atoms with Gasteiger partial charge in [-0.2, -0.15) is 0 Å². The molecule has 4 heteroatoms. The largest absolute Gasteiger partial charge is 0.411 e. The van der Waals surface area contributed by atoms with E-state index in [4.69, 9.17) is 4.43 Å². The first-order valence-electron chi connectivity index (χ1n) is 7.32. The van der Waals surface area contributed by atoms with Gasteiger partial charge in [-0.15, -0.1) is 0 Å². The maximum atomic E-state index is 11.6. The zero-order chi connectivity index (χ0) is 15.0. The standard InChI is InChI=1S/C15H30O3Si/c1-10-8-12(11(2)16)9-13(14(10)17)18-19(6,7)15(3,4)5/h10,12-14,17H,8-9H2,1-7H3. The van der Waals surface area contributed by atoms with E-state index in [0.717, 1.165) is 6.42 Å². The summed E-state index contributed by atoms with van der Waals surface area (Å²) in [6.45, 7) is 14.6. The fourth-order valence-corrected chi connectivity index (χ4v) is 3.82. The van der Waals surface area contributed by atoms with E-state index in [9.17, 15) is 9.90 Å². The molecule has 1 N–H and O–H groups in total. The van der Waals surface area contributed by atoms with Crippen molar-refractivity contribution in [3.8, 4) is 0 Å². The number of aliphatic hydroxyl groups excluding tert-OH is 1. The van der Waals surface area contributed by atoms with Crippen LogP contribution in [-0.4, -0.2) is 31.4 Å². The summed E-state index contributed by atoms with van der Waals surface area (Å²) in [6, 6.07) is 0. The number of Topliss-reactive ketones (excluding diaryl/α,β-unsaturated/α-hetero) is 1. The third-order valence-electron chi connectivity index (χ3n) is 4.96. The second-order valence-electron chi connectivity index (χ2n) is 7.66. The average molecular weight is 286 g/mol. The molecule has 0 aromatic heterocycles. The molecule has 0 amide bonds. The highest BCUT2D eigenvalue weighted by molar-refractivity contribution is 6.74. The van der Waals surface area contributed by atoms with Gasteiger partial charge in [-0.3, -0.25) is 4.79 Å². The molecule has 3 nitrogen and oxygen atoms in total. The summed E-state index contributed by atoms with van der Waals surface area (Å²) in [5, 5.41) is 10.5. The molecule has 0 radical (unpaired) electrons. The topological polar surface area (TPSA) is 46.5 Å². The van der Waals surface area contributed by atoms with Crippen molar-refractivity contribution in [1.82, 2.24) is 0 Å². The normalized spacial score (nSPS) is 33.3. The predicted molar refractivity (Wildman–Crippen MR) is 80.6 cm³/mol. The molecule has 4 atom stereocenters. The van der Waals surface area contributed by atoms with Gasteiger partial charge in [0.2, 0.25) is 0 Å². The first-order chi connectivity index (χ1) is 8.45. The van der Waals surface area contributed by atoms with Gasteiger partial charge in [-0.05, 0) is 43.8 Å². The molecular weight excluding hydrogens is 256 g/mol. The Kier molecular flexibility index (Phi) is 5.02. The van der Waals surface area contributed by atoms with E-state index in [1.165, 1.54) is 0 Å². The van der Waals surface area contributed by atoms with Crippen molar-refractivity contribution >= 4 is 14.1 Å². The van der Waals surface area contributed by atoms with E-state index < -0.39 is 14.4 Å². The number of aliphatic hydroxyl groups is 1. The van der Waals surface area contributed by atoms with Crippen LogP contribution in [-0.2, 0) is 9.22 Å². The molecular formula is C15H30O3Si. The Balaban J connectivity index is 2.83. The Morgan fingerprint density at radius 1 is 1.26 bits per heavy atom. The van der Waals surface area contributed by atoms with Crippen LogP contribution in [0.4, 0.5) is 0 Å². The van der Waals surface area contributed by atoms with Crippen molar-refractivity contribution in [2.75, 3.05) is 0 Å². The summed E-state index contributed by atoms with van der Waals surface area (Å²) in [7, 11) is -1.90. The molecule has 0 spiro atoms. The summed E-state index contributed by atoms with van der Waals surface area (Å²) < 4.78 is 6.34. The van der Waals surface area contributed by atoms with Gasteiger partial charge in [0, 0.05) is 5.92 Å². The van der Waals surface area contributed by atoms with Crippen LogP contribution < -0.4 is 0 Å². The van der Waals surface area contributed by atoms with Crippen molar-refractivity contribution in [2.24, 2.45) is 11.8 Å². The summed E-state index contributed by atoms with van der Waals surface area (Å²) in [4.78, 5) is 11.6. The second kappa shape index (κ2) is 5.66. The summed E-state index contributed by atoms with van der Waals surface area (Å²) >= 11 is 0. The minimum absolute atomic E-state index is 0.0492. The van der Waals surface area contributed by atoms with E-state index in [-0.39, 0.29) is 28.8 Å². The predicted octanol–water partition coefficient (Wildman–Crippen LogP) is 3.37. The molecule has 1 aliphatic rings. The summed E-state index contributed by atoms with van der Waals surface area (Å²) in [5.41, 5.74) is 0. The molecule has 112 valence electrons. The zero-order valence-electron chi connectivity index (χ0n) is 13.5. The molecule has 1 saturated carbocycles. The summed E-state index contributed by atoms with van der Waals surface area (Å²) in [6.07, 6.45) is 0.838. The van der Waals surface area contributed by atoms with Crippen LogP contribution in [0, 0.1) is 11.8 Å². The van der Waals surface area contributed by atoms with E-state index in [1.54, 1.807) is 6.92 Å². The number of carbonyl (C=O) groups excluding carboxylic acids is 1. The molecule has 0 bridgehead atoms. The molecule has 1 aliphatic carbocycles. The lowest BCUT2D eigenvalue weighted by atomic mass is 9.77. The maximum Gasteiger partial charge on any atom is 0.192 e. The Morgan fingerprint density at radius 3 is 2.21 bits per heavy atom. The third-order valence-corrected chi connectivity index (χ3v) is 9.47. The average Bonchev–Trinajstić information content (AvgIpc) is 2.22. The van der Waals surface area contributed by atoms with E-state index in [2.05, 4.69) is 33.9 Å². The monoisotopic (exact) mass is 286 g/mol. The molecule has 0 saturated heterocycles. The first-order valence-corrected chi connectivity index (χ1v) is 10.2. The second-order valence-corrected chi connectivity index (χ2v) is 12.4. The van der Waals surface area contributed by atoms with Crippen molar-refractivity contribution in [2.45, 2.75) is 77.8 Å². The van der Waals surface area contributed by atoms with E-state index >= 15 is 0 Å². The number of ketones is 1. The Hall–Kier alpha value is -0.193. The Morgan fingerprint density at radius 2 is 1.79 bits per heavy atom. The molecule has 19 heavy (non-hydrogen) atoms. The van der Waals surface area contributed by atoms with Crippen molar-refractivity contribution in [3.63, 3.8) is 0 Å². The van der Waals surface area contributed by atoms with Crippen LogP contribution in [0.1, 0.15) is 47.5 Å². The quantitative estimate of drug-likeness (QED) is 0.809. The van der Waals surface area contributed by atoms with Crippen LogP contribution in [0.15, 0.2) is 0 Å². The van der Waals surface area contributed by atoms with Crippen LogP contribution >= 0.6 is 0 Å². The van der Waals surface area contributed by atoms with Crippen LogP contribution in [0.3, 0.4) is 0 Å². The Labute approximate surface area is 118 Å². The number of hydrogen-bond acceptors (Lipinski definition) is 3. The molecule has 1 fully saturated rings. The smallest absolute Gasteiger partial charge is 0.192 e. The fourth-order valence-electron chi connectivity index (χ4n) is 2.48. The van der Waals surface area contributed by atoms with Gasteiger partial charge in [0.15, 0.2) is 8.32 Å². The van der Waals surface area contributed by atoms with Crippen molar-refractivity contribution in [3.05, 3.63) is 0 Å². The van der Waals surface area contributed by atoms with Crippen LogP contribution in [0.25, 0.3) is 0 Å². The zero-order valence-corrected chi connectivity index (χ0v) is 14.5. The maximum absolute atomic E-state index is 11.6. The van der Waals surface area contributed by atoms with Crippen LogP contribution in [0.2, 0.25) is 18.1 Å². The molecule has 4 unspecified atom stereocenters. The lowest BCUT2D eigenvalue weighted by molar-refractivity contribution is -0.127. The molecule has 0 heterocycles. The van der Waals surface area contributed by atoms with E-state index in [1.807, 2.05) is 6.92 Å². The summed E-state index contributed by atoms with van der Waals surface area (Å²) in [5.74, 6) is 0.410. The highest BCUT2D eigenvalue weighted by Crippen LogP contribution is 2.40. The van der Waals surface area contributed by atoms with E-state index in [0.29, 0.717) is 6.42 Å². The number of hydrogen-bond donors (Lipinski definition) is 1. The minimum atomic E-state index is -1.90. The van der Waals surface area contributed by atoms with Crippen molar-refractivity contribution in [1.29, 1.82) is 0 Å². The first kappa shape index (κ1) is 16.9. The number of rotatable bonds is 3. The highest BCUT2D eigenvalue weighted by Gasteiger charge is 2.44. The van der Waals surface area contributed by atoms with Gasteiger partial charge in [-0.25, -0.2) is 0 Å². The van der Waals surface area contributed by atoms with Gasteiger partial charge >= 0.3 is 0 Å². The van der Waals surface area contributed by atoms with Gasteiger partial charge in [0.05, 0.1) is 12.2 Å². The van der Waals surface area contributed by atoms with Gasteiger partial charge in [0.25, 0.3) is 0 Å². The SMILES string of the molecule is CC(=O)C1CC(C)C(O)C(O[Si](C)(C)C(C)(C)C)C1. The minimum Gasteiger partial charge on any atom is -0.411 e.